The highest BCUT2D eigenvalue weighted by atomic mass is 16.4. The first-order chi connectivity index (χ1) is 6.11. The molecule has 1 aliphatic heterocycles. The Bertz CT molecular complexity index is 244. The van der Waals surface area contributed by atoms with E-state index in [0.29, 0.717) is 31.7 Å². The van der Waals surface area contributed by atoms with Crippen molar-refractivity contribution >= 4 is 11.9 Å². The molecule has 2 rings (SSSR count). The van der Waals surface area contributed by atoms with Crippen molar-refractivity contribution in [1.29, 1.82) is 0 Å². The van der Waals surface area contributed by atoms with E-state index >= 15 is 0 Å². The van der Waals surface area contributed by atoms with E-state index < -0.39 is 6.09 Å². The number of carbonyl (C=O) groups excluding carboxylic acids is 1. The molecule has 0 aromatic carbocycles. The summed E-state index contributed by atoms with van der Waals surface area (Å²) < 4.78 is 0. The van der Waals surface area contributed by atoms with Crippen LogP contribution in [0, 0.1) is 5.41 Å². The lowest BCUT2D eigenvalue weighted by Gasteiger charge is -2.45. The van der Waals surface area contributed by atoms with Gasteiger partial charge in [0.05, 0.1) is 0 Å². The first kappa shape index (κ1) is 8.53. The summed E-state index contributed by atoms with van der Waals surface area (Å²) >= 11 is 0. The zero-order chi connectivity index (χ0) is 9.47. The van der Waals surface area contributed by atoms with Gasteiger partial charge in [-0.25, -0.2) is 4.79 Å². The summed E-state index contributed by atoms with van der Waals surface area (Å²) in [7, 11) is 0. The van der Waals surface area contributed by atoms with E-state index in [9.17, 15) is 9.59 Å². The van der Waals surface area contributed by atoms with Gasteiger partial charge >= 0.3 is 6.09 Å². The first-order valence-corrected chi connectivity index (χ1v) is 4.61. The number of amides is 1. The van der Waals surface area contributed by atoms with Gasteiger partial charge in [0.2, 0.25) is 0 Å². The lowest BCUT2D eigenvalue weighted by molar-refractivity contribution is -0.135. The van der Waals surface area contributed by atoms with Gasteiger partial charge in [0, 0.05) is 25.9 Å². The van der Waals surface area contributed by atoms with Crippen molar-refractivity contribution in [2.75, 3.05) is 13.1 Å². The van der Waals surface area contributed by atoms with Crippen molar-refractivity contribution in [2.24, 2.45) is 5.41 Å². The lowest BCUT2D eigenvalue weighted by atomic mass is 9.62. The minimum absolute atomic E-state index is 0.184. The van der Waals surface area contributed by atoms with Crippen molar-refractivity contribution in [3.05, 3.63) is 0 Å². The van der Waals surface area contributed by atoms with E-state index in [1.807, 2.05) is 0 Å². The number of Topliss-reactive ketones (excluding diaryl/α,β-unsaturated/α-hetero) is 1. The number of ketones is 1. The Morgan fingerprint density at radius 1 is 1.31 bits per heavy atom. The van der Waals surface area contributed by atoms with Crippen LogP contribution in [0.15, 0.2) is 0 Å². The van der Waals surface area contributed by atoms with Crippen molar-refractivity contribution in [3.63, 3.8) is 0 Å². The molecule has 72 valence electrons. The van der Waals surface area contributed by atoms with E-state index in [-0.39, 0.29) is 5.41 Å². The van der Waals surface area contributed by atoms with Crippen molar-refractivity contribution in [1.82, 2.24) is 4.90 Å². The normalized spacial score (nSPS) is 25.8. The highest BCUT2D eigenvalue weighted by Gasteiger charge is 2.45. The van der Waals surface area contributed by atoms with Gasteiger partial charge in [0.1, 0.15) is 5.78 Å². The predicted molar refractivity (Wildman–Crippen MR) is 45.5 cm³/mol. The zero-order valence-corrected chi connectivity index (χ0v) is 7.45. The molecule has 1 spiro atoms. The number of nitrogens with zero attached hydrogens (tertiary/aromatic N) is 1. The number of rotatable bonds is 0. The number of piperidine rings is 1. The SMILES string of the molecule is O=C1CC2(CCN(C(=O)O)CC2)C1. The van der Waals surface area contributed by atoms with Crippen LogP contribution in [-0.2, 0) is 4.79 Å². The Labute approximate surface area is 76.5 Å². The number of carboxylic acid groups (broad SMARTS) is 1. The topological polar surface area (TPSA) is 57.6 Å². The van der Waals surface area contributed by atoms with Crippen LogP contribution >= 0.6 is 0 Å². The summed E-state index contributed by atoms with van der Waals surface area (Å²) in [6.45, 7) is 1.20. The first-order valence-electron chi connectivity index (χ1n) is 4.61. The van der Waals surface area contributed by atoms with Crippen LogP contribution in [0.2, 0.25) is 0 Å². The number of likely N-dealkylation sites (tertiary alicyclic amines) is 1. The van der Waals surface area contributed by atoms with Crippen molar-refractivity contribution in [2.45, 2.75) is 25.7 Å². The molecule has 4 nitrogen and oxygen atoms in total. The van der Waals surface area contributed by atoms with Gasteiger partial charge in [0.25, 0.3) is 0 Å². The van der Waals surface area contributed by atoms with E-state index in [4.69, 9.17) is 5.11 Å². The maximum atomic E-state index is 10.9. The molecule has 1 amide bonds. The fraction of sp³-hybridized carbons (Fsp3) is 0.778. The number of hydrogen-bond acceptors (Lipinski definition) is 2. The molecule has 1 aliphatic carbocycles. The molecule has 0 aromatic rings. The second kappa shape index (κ2) is 2.72. The van der Waals surface area contributed by atoms with Crippen molar-refractivity contribution in [3.8, 4) is 0 Å². The largest absolute Gasteiger partial charge is 0.465 e. The highest BCUT2D eigenvalue weighted by molar-refractivity contribution is 5.86. The van der Waals surface area contributed by atoms with Crippen LogP contribution in [0.5, 0.6) is 0 Å². The second-order valence-electron chi connectivity index (χ2n) is 4.16. The summed E-state index contributed by atoms with van der Waals surface area (Å²) in [4.78, 5) is 22.9. The Balaban J connectivity index is 1.90. The lowest BCUT2D eigenvalue weighted by Crippen LogP contribution is -2.48. The molecule has 2 aliphatic rings. The van der Waals surface area contributed by atoms with Gasteiger partial charge in [-0.15, -0.1) is 0 Å². The van der Waals surface area contributed by atoms with Crippen LogP contribution in [0.3, 0.4) is 0 Å². The van der Waals surface area contributed by atoms with Crippen LogP contribution in [-0.4, -0.2) is 35.0 Å². The van der Waals surface area contributed by atoms with E-state index in [2.05, 4.69) is 0 Å². The maximum Gasteiger partial charge on any atom is 0.407 e. The van der Waals surface area contributed by atoms with Gasteiger partial charge in [-0.2, -0.15) is 0 Å². The van der Waals surface area contributed by atoms with Gasteiger partial charge in [-0.1, -0.05) is 0 Å². The summed E-state index contributed by atoms with van der Waals surface area (Å²) in [5, 5.41) is 8.71. The Morgan fingerprint density at radius 3 is 2.23 bits per heavy atom. The van der Waals surface area contributed by atoms with E-state index in [1.54, 1.807) is 0 Å². The Morgan fingerprint density at radius 2 is 1.85 bits per heavy atom. The molecule has 2 fully saturated rings. The fourth-order valence-electron chi connectivity index (χ4n) is 2.31. The maximum absolute atomic E-state index is 10.9. The van der Waals surface area contributed by atoms with Crippen molar-refractivity contribution < 1.29 is 14.7 Å². The fourth-order valence-corrected chi connectivity index (χ4v) is 2.31. The summed E-state index contributed by atoms with van der Waals surface area (Å²) in [6, 6.07) is 0. The second-order valence-corrected chi connectivity index (χ2v) is 4.16. The molecule has 1 saturated heterocycles. The number of hydrogen-bond donors (Lipinski definition) is 1. The Kier molecular flexibility index (Phi) is 1.78. The molecule has 0 radical (unpaired) electrons. The monoisotopic (exact) mass is 183 g/mol. The van der Waals surface area contributed by atoms with Gasteiger partial charge in [-0.3, -0.25) is 4.79 Å². The average molecular weight is 183 g/mol. The van der Waals surface area contributed by atoms with Crippen LogP contribution in [0.25, 0.3) is 0 Å². The Hall–Kier alpha value is -1.06. The molecule has 1 saturated carbocycles. The predicted octanol–water partition coefficient (Wildman–Crippen LogP) is 1.11. The van der Waals surface area contributed by atoms with E-state index in [0.717, 1.165) is 12.8 Å². The third-order valence-corrected chi connectivity index (χ3v) is 3.24. The molecule has 1 heterocycles. The van der Waals surface area contributed by atoms with E-state index in [1.165, 1.54) is 4.90 Å². The molecule has 0 aromatic heterocycles. The van der Waals surface area contributed by atoms with Gasteiger partial charge in [0.15, 0.2) is 0 Å². The molecule has 0 atom stereocenters. The van der Waals surface area contributed by atoms with Crippen LogP contribution < -0.4 is 0 Å². The quantitative estimate of drug-likeness (QED) is 0.612. The average Bonchev–Trinajstić information content (AvgIpc) is 2.03. The van der Waals surface area contributed by atoms with Gasteiger partial charge < -0.3 is 10.0 Å². The molecular formula is C9H13NO3. The third kappa shape index (κ3) is 1.41. The standard InChI is InChI=1S/C9H13NO3/c11-7-5-9(6-7)1-3-10(4-2-9)8(12)13/h1-6H2,(H,12,13). The molecule has 0 unspecified atom stereocenters. The number of carbonyl (C=O) groups is 2. The molecule has 0 bridgehead atoms. The minimum atomic E-state index is -0.833. The highest BCUT2D eigenvalue weighted by Crippen LogP contribution is 2.46. The molecule has 4 heteroatoms. The molecule has 13 heavy (non-hydrogen) atoms. The molecular weight excluding hydrogens is 170 g/mol. The van der Waals surface area contributed by atoms with Crippen LogP contribution in [0.1, 0.15) is 25.7 Å². The smallest absolute Gasteiger partial charge is 0.407 e. The summed E-state index contributed by atoms with van der Waals surface area (Å²) in [5.74, 6) is 0.337. The van der Waals surface area contributed by atoms with Crippen LogP contribution in [0.4, 0.5) is 4.79 Å². The molecule has 1 N–H and O–H groups in total. The summed E-state index contributed by atoms with van der Waals surface area (Å²) in [6.07, 6.45) is 2.26. The van der Waals surface area contributed by atoms with Gasteiger partial charge in [-0.05, 0) is 18.3 Å². The summed E-state index contributed by atoms with van der Waals surface area (Å²) in [5.41, 5.74) is 0.184. The third-order valence-electron chi connectivity index (χ3n) is 3.24. The zero-order valence-electron chi connectivity index (χ0n) is 7.45. The minimum Gasteiger partial charge on any atom is -0.465 e.